The number of amides is 1. The van der Waals surface area contributed by atoms with Crippen LogP contribution in [0.15, 0.2) is 41.5 Å². The smallest absolute Gasteiger partial charge is 0.243 e. The molecule has 1 amide bonds. The molecular formula is C18H18N2O2. The van der Waals surface area contributed by atoms with Crippen molar-refractivity contribution in [3.63, 3.8) is 0 Å². The van der Waals surface area contributed by atoms with Gasteiger partial charge in [-0.15, -0.1) is 0 Å². The van der Waals surface area contributed by atoms with Crippen LogP contribution in [0.3, 0.4) is 0 Å². The molecule has 2 aliphatic rings. The van der Waals surface area contributed by atoms with Crippen molar-refractivity contribution < 1.29 is 9.90 Å². The van der Waals surface area contributed by atoms with Gasteiger partial charge in [-0.25, -0.2) is 5.43 Å². The summed E-state index contributed by atoms with van der Waals surface area (Å²) < 4.78 is 0. The van der Waals surface area contributed by atoms with Gasteiger partial charge in [0.15, 0.2) is 0 Å². The van der Waals surface area contributed by atoms with E-state index in [1.54, 1.807) is 6.07 Å². The van der Waals surface area contributed by atoms with E-state index in [0.717, 1.165) is 17.2 Å². The standard InChI is InChI=1S/C18H18N2O2/c21-16-7-6-12-4-1-2-5-13(12)14(16)11-19-20-17(22)15-10-18(15)8-3-9-18/h1-2,4-7,11,15,21H,3,8-10H2,(H,20,22)/b19-11+/t15-/m1/s1. The lowest BCUT2D eigenvalue weighted by Gasteiger charge is -2.25. The van der Waals surface area contributed by atoms with Gasteiger partial charge in [-0.1, -0.05) is 36.8 Å². The maximum Gasteiger partial charge on any atom is 0.243 e. The Bertz CT molecular complexity index is 778. The number of carbonyl (C=O) groups excluding carboxylic acids is 1. The van der Waals surface area contributed by atoms with E-state index in [1.165, 1.54) is 25.5 Å². The van der Waals surface area contributed by atoms with Gasteiger partial charge in [-0.05, 0) is 41.5 Å². The summed E-state index contributed by atoms with van der Waals surface area (Å²) in [7, 11) is 0. The van der Waals surface area contributed by atoms with Gasteiger partial charge in [0.05, 0.1) is 6.21 Å². The minimum absolute atomic E-state index is 0.00989. The number of hydrazone groups is 1. The Morgan fingerprint density at radius 1 is 1.27 bits per heavy atom. The molecule has 2 N–H and O–H groups in total. The molecule has 0 bridgehead atoms. The highest BCUT2D eigenvalue weighted by atomic mass is 16.3. The highest BCUT2D eigenvalue weighted by molar-refractivity contribution is 6.02. The summed E-state index contributed by atoms with van der Waals surface area (Å²) in [6.07, 6.45) is 6.15. The van der Waals surface area contributed by atoms with Crippen LogP contribution in [0.4, 0.5) is 0 Å². The zero-order valence-corrected chi connectivity index (χ0v) is 12.2. The molecule has 2 aromatic carbocycles. The summed E-state index contributed by atoms with van der Waals surface area (Å²) in [6.45, 7) is 0. The van der Waals surface area contributed by atoms with Crippen LogP contribution < -0.4 is 5.43 Å². The SMILES string of the molecule is O=C(N/N=C/c1c(O)ccc2ccccc12)[C@H]1CC12CCC2. The zero-order chi connectivity index (χ0) is 15.2. The Kier molecular flexibility index (Phi) is 2.93. The summed E-state index contributed by atoms with van der Waals surface area (Å²) in [6, 6.07) is 11.3. The highest BCUT2D eigenvalue weighted by Gasteiger charge is 2.60. The number of nitrogens with one attached hydrogen (secondary N) is 1. The van der Waals surface area contributed by atoms with Gasteiger partial charge >= 0.3 is 0 Å². The van der Waals surface area contributed by atoms with Gasteiger partial charge in [0.1, 0.15) is 5.75 Å². The fourth-order valence-electron chi connectivity index (χ4n) is 3.56. The van der Waals surface area contributed by atoms with E-state index in [4.69, 9.17) is 0 Å². The van der Waals surface area contributed by atoms with E-state index in [2.05, 4.69) is 10.5 Å². The number of benzene rings is 2. The first kappa shape index (κ1) is 13.3. The number of carbonyl (C=O) groups is 1. The van der Waals surface area contributed by atoms with E-state index < -0.39 is 0 Å². The Labute approximate surface area is 128 Å². The van der Waals surface area contributed by atoms with E-state index in [0.29, 0.717) is 11.0 Å². The second kappa shape index (κ2) is 4.83. The number of aromatic hydroxyl groups is 1. The number of phenols is 1. The maximum atomic E-state index is 12.1. The van der Waals surface area contributed by atoms with Crippen LogP contribution in [0, 0.1) is 11.3 Å². The van der Waals surface area contributed by atoms with E-state index in [9.17, 15) is 9.90 Å². The fourth-order valence-corrected chi connectivity index (χ4v) is 3.56. The van der Waals surface area contributed by atoms with Crippen molar-refractivity contribution in [3.8, 4) is 5.75 Å². The van der Waals surface area contributed by atoms with Crippen molar-refractivity contribution >= 4 is 22.9 Å². The van der Waals surface area contributed by atoms with Crippen LogP contribution in [0.25, 0.3) is 10.8 Å². The Morgan fingerprint density at radius 3 is 2.82 bits per heavy atom. The van der Waals surface area contributed by atoms with Gasteiger partial charge in [0.2, 0.25) is 5.91 Å². The lowest BCUT2D eigenvalue weighted by atomic mass is 9.80. The molecule has 0 unspecified atom stereocenters. The minimum atomic E-state index is 0.00989. The Morgan fingerprint density at radius 2 is 2.09 bits per heavy atom. The van der Waals surface area contributed by atoms with E-state index in [1.807, 2.05) is 30.3 Å². The number of phenolic OH excluding ortho intramolecular Hbond substituents is 1. The van der Waals surface area contributed by atoms with E-state index in [-0.39, 0.29) is 17.6 Å². The first-order chi connectivity index (χ1) is 10.7. The number of rotatable bonds is 3. The van der Waals surface area contributed by atoms with Crippen molar-refractivity contribution in [1.82, 2.24) is 5.43 Å². The first-order valence-corrected chi connectivity index (χ1v) is 7.73. The minimum Gasteiger partial charge on any atom is -0.507 e. The third-order valence-corrected chi connectivity index (χ3v) is 5.17. The molecule has 4 nitrogen and oxygen atoms in total. The van der Waals surface area contributed by atoms with Crippen LogP contribution in [0.2, 0.25) is 0 Å². The van der Waals surface area contributed by atoms with Gasteiger partial charge in [-0.3, -0.25) is 4.79 Å². The highest BCUT2D eigenvalue weighted by Crippen LogP contribution is 2.65. The molecule has 112 valence electrons. The molecule has 2 aliphatic carbocycles. The molecule has 2 fully saturated rings. The molecule has 1 spiro atoms. The third kappa shape index (κ3) is 2.06. The molecule has 2 aromatic rings. The molecule has 0 aromatic heterocycles. The monoisotopic (exact) mass is 294 g/mol. The average molecular weight is 294 g/mol. The van der Waals surface area contributed by atoms with Gasteiger partial charge in [0, 0.05) is 11.5 Å². The number of nitrogens with zero attached hydrogens (tertiary/aromatic N) is 1. The van der Waals surface area contributed by atoms with Crippen molar-refractivity contribution in [2.45, 2.75) is 25.7 Å². The van der Waals surface area contributed by atoms with Crippen LogP contribution in [-0.2, 0) is 4.79 Å². The van der Waals surface area contributed by atoms with Crippen LogP contribution in [0.5, 0.6) is 5.75 Å². The summed E-state index contributed by atoms with van der Waals surface area (Å²) in [4.78, 5) is 12.1. The molecule has 1 atom stereocenters. The van der Waals surface area contributed by atoms with Crippen molar-refractivity contribution in [2.24, 2.45) is 16.4 Å². The molecule has 22 heavy (non-hydrogen) atoms. The molecule has 2 saturated carbocycles. The molecule has 0 heterocycles. The van der Waals surface area contributed by atoms with E-state index >= 15 is 0 Å². The average Bonchev–Trinajstić information content (AvgIpc) is 3.25. The molecule has 0 radical (unpaired) electrons. The second-order valence-electron chi connectivity index (χ2n) is 6.43. The molecule has 0 saturated heterocycles. The van der Waals surface area contributed by atoms with Gasteiger partial charge in [-0.2, -0.15) is 5.10 Å². The topological polar surface area (TPSA) is 61.7 Å². The normalized spacial score (nSPS) is 21.9. The summed E-state index contributed by atoms with van der Waals surface area (Å²) in [5, 5.41) is 16.0. The van der Waals surface area contributed by atoms with Crippen molar-refractivity contribution in [2.75, 3.05) is 0 Å². The van der Waals surface area contributed by atoms with Crippen LogP contribution in [-0.4, -0.2) is 17.2 Å². The first-order valence-electron chi connectivity index (χ1n) is 7.73. The predicted molar refractivity (Wildman–Crippen MR) is 85.7 cm³/mol. The predicted octanol–water partition coefficient (Wildman–Crippen LogP) is 3.19. The third-order valence-electron chi connectivity index (χ3n) is 5.17. The molecule has 0 aliphatic heterocycles. The Balaban J connectivity index is 1.51. The lowest BCUT2D eigenvalue weighted by molar-refractivity contribution is -0.123. The van der Waals surface area contributed by atoms with Crippen molar-refractivity contribution in [1.29, 1.82) is 0 Å². The van der Waals surface area contributed by atoms with Gasteiger partial charge < -0.3 is 5.11 Å². The van der Waals surface area contributed by atoms with Crippen LogP contribution in [0.1, 0.15) is 31.2 Å². The maximum absolute atomic E-state index is 12.1. The van der Waals surface area contributed by atoms with Gasteiger partial charge in [0.25, 0.3) is 0 Å². The molecule has 4 rings (SSSR count). The summed E-state index contributed by atoms with van der Waals surface area (Å²) >= 11 is 0. The zero-order valence-electron chi connectivity index (χ0n) is 12.2. The lowest BCUT2D eigenvalue weighted by Crippen LogP contribution is -2.26. The number of hydrogen-bond acceptors (Lipinski definition) is 3. The second-order valence-corrected chi connectivity index (χ2v) is 6.43. The Hall–Kier alpha value is -2.36. The summed E-state index contributed by atoms with van der Waals surface area (Å²) in [5.41, 5.74) is 3.57. The largest absolute Gasteiger partial charge is 0.507 e. The van der Waals surface area contributed by atoms with Crippen molar-refractivity contribution in [3.05, 3.63) is 42.0 Å². The quantitative estimate of drug-likeness (QED) is 0.674. The fraction of sp³-hybridized carbons (Fsp3) is 0.333. The number of fused-ring (bicyclic) bond motifs is 1. The number of hydrogen-bond donors (Lipinski definition) is 2. The molecule has 4 heteroatoms. The summed E-state index contributed by atoms with van der Waals surface area (Å²) in [5.74, 6) is 0.314. The molecular weight excluding hydrogens is 276 g/mol. The van der Waals surface area contributed by atoms with Crippen LogP contribution >= 0.6 is 0 Å².